The number of sulfone groups is 1. The molecule has 3 atom stereocenters. The van der Waals surface area contributed by atoms with E-state index in [1.807, 2.05) is 0 Å². The highest BCUT2D eigenvalue weighted by Crippen LogP contribution is 2.36. The summed E-state index contributed by atoms with van der Waals surface area (Å²) in [4.78, 5) is 0. The van der Waals surface area contributed by atoms with Gasteiger partial charge in [-0.15, -0.1) is 11.3 Å². The van der Waals surface area contributed by atoms with Crippen LogP contribution in [0.4, 0.5) is 0 Å². The van der Waals surface area contributed by atoms with Crippen molar-refractivity contribution < 1.29 is 8.42 Å². The Kier molecular flexibility index (Phi) is 3.55. The molecule has 0 aromatic carbocycles. The zero-order valence-electron chi connectivity index (χ0n) is 9.67. The summed E-state index contributed by atoms with van der Waals surface area (Å²) in [5.41, 5.74) is 0. The van der Waals surface area contributed by atoms with Crippen molar-refractivity contribution in [1.82, 2.24) is 0 Å². The molecule has 1 fully saturated rings. The third-order valence-electron chi connectivity index (χ3n) is 3.39. The first-order valence-electron chi connectivity index (χ1n) is 5.72. The van der Waals surface area contributed by atoms with Crippen LogP contribution in [0.15, 0.2) is 21.7 Å². The minimum atomic E-state index is -3.32. The third kappa shape index (κ3) is 2.38. The van der Waals surface area contributed by atoms with E-state index in [0.717, 1.165) is 6.42 Å². The number of rotatable bonds is 2. The Morgan fingerprint density at radius 2 is 2.24 bits per heavy atom. The summed E-state index contributed by atoms with van der Waals surface area (Å²) in [5.74, 6) is 0.0395. The van der Waals surface area contributed by atoms with E-state index in [-0.39, 0.29) is 5.92 Å². The summed E-state index contributed by atoms with van der Waals surface area (Å²) >= 11 is 1.24. The molecule has 0 amide bonds. The van der Waals surface area contributed by atoms with Crippen LogP contribution in [0.3, 0.4) is 0 Å². The quantitative estimate of drug-likeness (QED) is 0.829. The zero-order chi connectivity index (χ0) is 12.5. The Morgan fingerprint density at radius 3 is 2.82 bits per heavy atom. The summed E-state index contributed by atoms with van der Waals surface area (Å²) in [5, 5.41) is 10.3. The van der Waals surface area contributed by atoms with Gasteiger partial charge in [0.25, 0.3) is 0 Å². The maximum Gasteiger partial charge on any atom is 0.191 e. The second kappa shape index (κ2) is 4.79. The number of nitriles is 1. The van der Waals surface area contributed by atoms with Gasteiger partial charge in [0.2, 0.25) is 0 Å². The first-order valence-corrected chi connectivity index (χ1v) is 8.15. The first kappa shape index (κ1) is 12.6. The van der Waals surface area contributed by atoms with E-state index in [1.165, 1.54) is 11.3 Å². The molecule has 3 unspecified atom stereocenters. The number of nitrogens with zero attached hydrogens (tertiary/aromatic N) is 1. The Morgan fingerprint density at radius 1 is 1.47 bits per heavy atom. The van der Waals surface area contributed by atoms with Crippen molar-refractivity contribution in [3.63, 3.8) is 0 Å². The van der Waals surface area contributed by atoms with Crippen LogP contribution in [-0.2, 0) is 9.84 Å². The summed E-state index contributed by atoms with van der Waals surface area (Å²) in [7, 11) is -3.32. The lowest BCUT2D eigenvalue weighted by Gasteiger charge is -2.30. The molecule has 0 spiro atoms. The third-order valence-corrected chi connectivity index (χ3v) is 7.06. The molecular weight excluding hydrogens is 254 g/mol. The van der Waals surface area contributed by atoms with Gasteiger partial charge in [0.1, 0.15) is 4.21 Å². The molecule has 0 bridgehead atoms. The SMILES string of the molecule is CC1CCC(C#N)C(S(=O)(=O)c2cccs2)C1. The molecule has 3 nitrogen and oxygen atoms in total. The van der Waals surface area contributed by atoms with Crippen molar-refractivity contribution in [3.05, 3.63) is 17.5 Å². The number of hydrogen-bond acceptors (Lipinski definition) is 4. The first-order chi connectivity index (χ1) is 8.05. The van der Waals surface area contributed by atoms with Crippen molar-refractivity contribution in [3.8, 4) is 6.07 Å². The fraction of sp³-hybridized carbons (Fsp3) is 0.583. The lowest BCUT2D eigenvalue weighted by molar-refractivity contribution is 0.335. The van der Waals surface area contributed by atoms with E-state index < -0.39 is 15.1 Å². The Labute approximate surface area is 106 Å². The van der Waals surface area contributed by atoms with Crippen LogP contribution in [-0.4, -0.2) is 13.7 Å². The van der Waals surface area contributed by atoms with Gasteiger partial charge >= 0.3 is 0 Å². The minimum absolute atomic E-state index is 0.349. The van der Waals surface area contributed by atoms with Crippen LogP contribution in [0.5, 0.6) is 0 Å². The smallest absolute Gasteiger partial charge is 0.191 e. The van der Waals surface area contributed by atoms with Gasteiger partial charge < -0.3 is 0 Å². The maximum absolute atomic E-state index is 12.4. The van der Waals surface area contributed by atoms with E-state index in [9.17, 15) is 8.42 Å². The average Bonchev–Trinajstić information content (AvgIpc) is 2.83. The topological polar surface area (TPSA) is 57.9 Å². The maximum atomic E-state index is 12.4. The molecule has 17 heavy (non-hydrogen) atoms. The van der Waals surface area contributed by atoms with Gasteiger partial charge in [0.15, 0.2) is 9.84 Å². The fourth-order valence-electron chi connectivity index (χ4n) is 2.39. The van der Waals surface area contributed by atoms with E-state index in [1.54, 1.807) is 17.5 Å². The number of hydrogen-bond donors (Lipinski definition) is 0. The van der Waals surface area contributed by atoms with Crippen LogP contribution in [0.25, 0.3) is 0 Å². The predicted octanol–water partition coefficient (Wildman–Crippen LogP) is 2.85. The lowest BCUT2D eigenvalue weighted by Crippen LogP contribution is -2.34. The standard InChI is InChI=1S/C12H15NO2S2/c1-9-4-5-10(8-13)11(7-9)17(14,15)12-3-2-6-16-12/h2-3,6,9-11H,4-5,7H2,1H3. The molecule has 1 aliphatic carbocycles. The van der Waals surface area contributed by atoms with Crippen LogP contribution in [0.2, 0.25) is 0 Å². The molecule has 92 valence electrons. The molecule has 1 saturated carbocycles. The molecule has 0 radical (unpaired) electrons. The van der Waals surface area contributed by atoms with Gasteiger partial charge in [-0.2, -0.15) is 5.26 Å². The van der Waals surface area contributed by atoms with E-state index >= 15 is 0 Å². The van der Waals surface area contributed by atoms with Crippen LogP contribution >= 0.6 is 11.3 Å². The van der Waals surface area contributed by atoms with Crippen molar-refractivity contribution >= 4 is 21.2 Å². The summed E-state index contributed by atoms with van der Waals surface area (Å²) in [6.07, 6.45) is 2.26. The summed E-state index contributed by atoms with van der Waals surface area (Å²) < 4.78 is 25.2. The van der Waals surface area contributed by atoms with Gasteiger partial charge in [0.05, 0.1) is 17.2 Å². The monoisotopic (exact) mass is 269 g/mol. The Hall–Kier alpha value is -0.860. The van der Waals surface area contributed by atoms with E-state index in [0.29, 0.717) is 23.0 Å². The van der Waals surface area contributed by atoms with Gasteiger partial charge in [0, 0.05) is 0 Å². The van der Waals surface area contributed by atoms with Crippen LogP contribution in [0.1, 0.15) is 26.2 Å². The van der Waals surface area contributed by atoms with Crippen molar-refractivity contribution in [2.45, 2.75) is 35.6 Å². The summed E-state index contributed by atoms with van der Waals surface area (Å²) in [6, 6.07) is 5.54. The molecule has 1 aliphatic rings. The zero-order valence-corrected chi connectivity index (χ0v) is 11.3. The molecule has 1 heterocycles. The van der Waals surface area contributed by atoms with Crippen molar-refractivity contribution in [1.29, 1.82) is 5.26 Å². The Balaban J connectivity index is 2.34. The van der Waals surface area contributed by atoms with Crippen molar-refractivity contribution in [2.24, 2.45) is 11.8 Å². The highest BCUT2D eigenvalue weighted by Gasteiger charge is 2.39. The van der Waals surface area contributed by atoms with Gasteiger partial charge in [-0.25, -0.2) is 8.42 Å². The molecular formula is C12H15NO2S2. The molecule has 0 aliphatic heterocycles. The van der Waals surface area contributed by atoms with E-state index in [4.69, 9.17) is 5.26 Å². The molecule has 5 heteroatoms. The van der Waals surface area contributed by atoms with Gasteiger partial charge in [-0.1, -0.05) is 13.0 Å². The fourth-order valence-corrected chi connectivity index (χ4v) is 5.69. The molecule has 0 N–H and O–H groups in total. The normalized spacial score (nSPS) is 29.8. The summed E-state index contributed by atoms with van der Waals surface area (Å²) in [6.45, 7) is 2.06. The highest BCUT2D eigenvalue weighted by molar-refractivity contribution is 7.94. The highest BCUT2D eigenvalue weighted by atomic mass is 32.2. The molecule has 2 rings (SSSR count). The molecule has 0 saturated heterocycles. The van der Waals surface area contributed by atoms with Crippen molar-refractivity contribution in [2.75, 3.05) is 0 Å². The predicted molar refractivity (Wildman–Crippen MR) is 67.4 cm³/mol. The minimum Gasteiger partial charge on any atom is -0.223 e. The lowest BCUT2D eigenvalue weighted by atomic mass is 9.83. The van der Waals surface area contributed by atoms with E-state index in [2.05, 4.69) is 13.0 Å². The van der Waals surface area contributed by atoms with Gasteiger partial charge in [-0.05, 0) is 36.6 Å². The average molecular weight is 269 g/mol. The Bertz CT molecular complexity index is 513. The van der Waals surface area contributed by atoms with Crippen LogP contribution in [0, 0.1) is 23.2 Å². The second-order valence-electron chi connectivity index (χ2n) is 4.67. The molecule has 1 aromatic heterocycles. The molecule has 1 aromatic rings. The van der Waals surface area contributed by atoms with Gasteiger partial charge in [-0.3, -0.25) is 0 Å². The largest absolute Gasteiger partial charge is 0.223 e. The number of thiophene rings is 1. The second-order valence-corrected chi connectivity index (χ2v) is 8.01. The van der Waals surface area contributed by atoms with Crippen LogP contribution < -0.4 is 0 Å².